The van der Waals surface area contributed by atoms with Crippen LogP contribution in [0.4, 0.5) is 0 Å². The Morgan fingerprint density at radius 2 is 1.94 bits per heavy atom. The van der Waals surface area contributed by atoms with Crippen LogP contribution in [0.25, 0.3) is 0 Å². The SMILES string of the molecule is NC(CSc1ccccc1)C1CCOCC1. The van der Waals surface area contributed by atoms with Crippen molar-refractivity contribution in [2.75, 3.05) is 19.0 Å². The van der Waals surface area contributed by atoms with Gasteiger partial charge in [0.15, 0.2) is 0 Å². The highest BCUT2D eigenvalue weighted by Crippen LogP contribution is 2.23. The summed E-state index contributed by atoms with van der Waals surface area (Å²) in [5.41, 5.74) is 6.22. The van der Waals surface area contributed by atoms with Crippen LogP contribution in [0.5, 0.6) is 0 Å². The first kappa shape index (κ1) is 12.0. The fourth-order valence-electron chi connectivity index (χ4n) is 1.99. The van der Waals surface area contributed by atoms with E-state index in [1.165, 1.54) is 4.90 Å². The maximum Gasteiger partial charge on any atom is 0.0469 e. The Bertz CT molecular complexity index is 298. The van der Waals surface area contributed by atoms with Crippen molar-refractivity contribution in [3.05, 3.63) is 30.3 Å². The van der Waals surface area contributed by atoms with Crippen molar-refractivity contribution in [3.63, 3.8) is 0 Å². The van der Waals surface area contributed by atoms with Crippen molar-refractivity contribution in [3.8, 4) is 0 Å². The van der Waals surface area contributed by atoms with Crippen molar-refractivity contribution >= 4 is 11.8 Å². The van der Waals surface area contributed by atoms with E-state index < -0.39 is 0 Å². The number of benzene rings is 1. The van der Waals surface area contributed by atoms with E-state index in [9.17, 15) is 0 Å². The zero-order valence-electron chi connectivity index (χ0n) is 9.47. The van der Waals surface area contributed by atoms with Crippen LogP contribution in [0.2, 0.25) is 0 Å². The molecule has 2 nitrogen and oxygen atoms in total. The quantitative estimate of drug-likeness (QED) is 0.817. The van der Waals surface area contributed by atoms with Crippen LogP contribution in [-0.4, -0.2) is 25.0 Å². The van der Waals surface area contributed by atoms with Gasteiger partial charge in [0, 0.05) is 29.9 Å². The van der Waals surface area contributed by atoms with E-state index in [2.05, 4.69) is 24.3 Å². The van der Waals surface area contributed by atoms with Crippen molar-refractivity contribution < 1.29 is 4.74 Å². The van der Waals surface area contributed by atoms with Crippen LogP contribution in [0.1, 0.15) is 12.8 Å². The summed E-state index contributed by atoms with van der Waals surface area (Å²) >= 11 is 1.86. The first-order valence-electron chi connectivity index (χ1n) is 5.87. The molecule has 1 aromatic rings. The first-order valence-corrected chi connectivity index (χ1v) is 6.86. The Hall–Kier alpha value is -0.510. The molecule has 16 heavy (non-hydrogen) atoms. The molecule has 1 aromatic carbocycles. The molecule has 1 aliphatic heterocycles. The number of hydrogen-bond acceptors (Lipinski definition) is 3. The molecule has 0 aromatic heterocycles. The zero-order valence-corrected chi connectivity index (χ0v) is 10.3. The highest BCUT2D eigenvalue weighted by atomic mass is 32.2. The van der Waals surface area contributed by atoms with E-state index >= 15 is 0 Å². The summed E-state index contributed by atoms with van der Waals surface area (Å²) in [6.07, 6.45) is 2.24. The lowest BCUT2D eigenvalue weighted by Gasteiger charge is -2.27. The van der Waals surface area contributed by atoms with E-state index in [0.717, 1.165) is 31.8 Å². The van der Waals surface area contributed by atoms with Gasteiger partial charge in [0.2, 0.25) is 0 Å². The Labute approximate surface area is 102 Å². The lowest BCUT2D eigenvalue weighted by molar-refractivity contribution is 0.0607. The molecular formula is C13H19NOS. The minimum Gasteiger partial charge on any atom is -0.381 e. The monoisotopic (exact) mass is 237 g/mol. The van der Waals surface area contributed by atoms with Crippen LogP contribution in [0, 0.1) is 5.92 Å². The summed E-state index contributed by atoms with van der Waals surface area (Å²) in [7, 11) is 0. The van der Waals surface area contributed by atoms with Gasteiger partial charge in [-0.15, -0.1) is 11.8 Å². The minimum absolute atomic E-state index is 0.300. The van der Waals surface area contributed by atoms with Gasteiger partial charge in [-0.25, -0.2) is 0 Å². The third kappa shape index (κ3) is 3.51. The summed E-state index contributed by atoms with van der Waals surface area (Å²) in [4.78, 5) is 1.31. The predicted molar refractivity (Wildman–Crippen MR) is 68.7 cm³/mol. The molecule has 1 atom stereocenters. The molecule has 1 saturated heterocycles. The smallest absolute Gasteiger partial charge is 0.0469 e. The van der Waals surface area contributed by atoms with E-state index in [1.807, 2.05) is 17.8 Å². The molecule has 0 amide bonds. The number of nitrogens with two attached hydrogens (primary N) is 1. The summed E-state index contributed by atoms with van der Waals surface area (Å²) in [5, 5.41) is 0. The Morgan fingerprint density at radius 1 is 1.25 bits per heavy atom. The minimum atomic E-state index is 0.300. The van der Waals surface area contributed by atoms with Gasteiger partial charge in [-0.3, -0.25) is 0 Å². The van der Waals surface area contributed by atoms with Crippen LogP contribution >= 0.6 is 11.8 Å². The third-order valence-electron chi connectivity index (χ3n) is 3.06. The average Bonchev–Trinajstić information content (AvgIpc) is 2.38. The summed E-state index contributed by atoms with van der Waals surface area (Å²) < 4.78 is 5.35. The Kier molecular flexibility index (Phi) is 4.69. The lowest BCUT2D eigenvalue weighted by atomic mass is 9.94. The fraction of sp³-hybridized carbons (Fsp3) is 0.538. The molecule has 1 heterocycles. The van der Waals surface area contributed by atoms with Crippen LogP contribution in [-0.2, 0) is 4.74 Å². The van der Waals surface area contributed by atoms with Crippen molar-refractivity contribution in [1.82, 2.24) is 0 Å². The van der Waals surface area contributed by atoms with Gasteiger partial charge in [-0.2, -0.15) is 0 Å². The van der Waals surface area contributed by atoms with E-state index in [1.54, 1.807) is 0 Å². The molecule has 3 heteroatoms. The fourth-order valence-corrected chi connectivity index (χ4v) is 3.00. The standard InChI is InChI=1S/C13H19NOS/c14-13(11-6-8-15-9-7-11)10-16-12-4-2-1-3-5-12/h1-5,11,13H,6-10,14H2. The molecule has 0 saturated carbocycles. The molecule has 0 bridgehead atoms. The van der Waals surface area contributed by atoms with Crippen LogP contribution in [0.15, 0.2) is 35.2 Å². The number of rotatable bonds is 4. The third-order valence-corrected chi connectivity index (χ3v) is 4.21. The summed E-state index contributed by atoms with van der Waals surface area (Å²) in [6.45, 7) is 1.77. The van der Waals surface area contributed by atoms with Gasteiger partial charge in [-0.05, 0) is 30.9 Å². The molecule has 2 N–H and O–H groups in total. The van der Waals surface area contributed by atoms with Crippen molar-refractivity contribution in [2.24, 2.45) is 11.7 Å². The van der Waals surface area contributed by atoms with E-state index in [0.29, 0.717) is 12.0 Å². The maximum atomic E-state index is 6.22. The molecule has 0 radical (unpaired) electrons. The second kappa shape index (κ2) is 6.28. The molecule has 1 fully saturated rings. The number of thioether (sulfide) groups is 1. The molecule has 2 rings (SSSR count). The van der Waals surface area contributed by atoms with Gasteiger partial charge >= 0.3 is 0 Å². The summed E-state index contributed by atoms with van der Waals surface area (Å²) in [6, 6.07) is 10.8. The molecule has 88 valence electrons. The largest absolute Gasteiger partial charge is 0.381 e. The van der Waals surface area contributed by atoms with E-state index in [-0.39, 0.29) is 0 Å². The topological polar surface area (TPSA) is 35.2 Å². The highest BCUT2D eigenvalue weighted by Gasteiger charge is 2.20. The number of hydrogen-bond donors (Lipinski definition) is 1. The Morgan fingerprint density at radius 3 is 2.62 bits per heavy atom. The van der Waals surface area contributed by atoms with Crippen LogP contribution in [0.3, 0.4) is 0 Å². The average molecular weight is 237 g/mol. The molecule has 0 spiro atoms. The van der Waals surface area contributed by atoms with Gasteiger partial charge in [0.1, 0.15) is 0 Å². The van der Waals surface area contributed by atoms with E-state index in [4.69, 9.17) is 10.5 Å². The molecule has 1 aliphatic rings. The zero-order chi connectivity index (χ0) is 11.2. The molecule has 1 unspecified atom stereocenters. The normalized spacial score (nSPS) is 19.6. The van der Waals surface area contributed by atoms with Gasteiger partial charge in [-0.1, -0.05) is 18.2 Å². The number of ether oxygens (including phenoxy) is 1. The van der Waals surface area contributed by atoms with Gasteiger partial charge < -0.3 is 10.5 Å². The molecule has 0 aliphatic carbocycles. The highest BCUT2D eigenvalue weighted by molar-refractivity contribution is 7.99. The lowest BCUT2D eigenvalue weighted by Crippen LogP contribution is -2.36. The Balaban J connectivity index is 1.76. The predicted octanol–water partition coefficient (Wildman–Crippen LogP) is 2.53. The van der Waals surface area contributed by atoms with Crippen LogP contribution < -0.4 is 5.73 Å². The van der Waals surface area contributed by atoms with Gasteiger partial charge in [0.05, 0.1) is 0 Å². The van der Waals surface area contributed by atoms with Gasteiger partial charge in [0.25, 0.3) is 0 Å². The first-order chi connectivity index (χ1) is 7.86. The second-order valence-electron chi connectivity index (χ2n) is 4.24. The second-order valence-corrected chi connectivity index (χ2v) is 5.33. The summed E-state index contributed by atoms with van der Waals surface area (Å²) in [5.74, 6) is 1.65. The molecular weight excluding hydrogens is 218 g/mol. The van der Waals surface area contributed by atoms with Crippen molar-refractivity contribution in [2.45, 2.75) is 23.8 Å². The maximum absolute atomic E-state index is 6.22. The van der Waals surface area contributed by atoms with Crippen molar-refractivity contribution in [1.29, 1.82) is 0 Å².